The van der Waals surface area contributed by atoms with Crippen LogP contribution in [0.3, 0.4) is 0 Å². The number of carbonyl (C=O) groups excluding carboxylic acids is 2. The molecule has 0 spiro atoms. The molecule has 1 aromatic carbocycles. The number of alkyl halides is 2. The quantitative estimate of drug-likeness (QED) is 0.456. The van der Waals surface area contributed by atoms with Crippen LogP contribution in [0.5, 0.6) is 0 Å². The maximum atomic E-state index is 14.1. The fourth-order valence-corrected chi connectivity index (χ4v) is 1.64. The van der Waals surface area contributed by atoms with Gasteiger partial charge in [0, 0.05) is 11.3 Å². The van der Waals surface area contributed by atoms with Crippen LogP contribution in [-0.4, -0.2) is 18.4 Å². The SMILES string of the molecule is O=CC(=O)C1(F)c2ccccc2NC1F. The first-order valence-corrected chi connectivity index (χ1v) is 4.29. The average Bonchev–Trinajstić information content (AvgIpc) is 2.52. The van der Waals surface area contributed by atoms with Gasteiger partial charge in [-0.15, -0.1) is 0 Å². The Kier molecular flexibility index (Phi) is 2.03. The number of Topliss-reactive ketones (excluding diaryl/α,β-unsaturated/α-hetero) is 1. The Morgan fingerprint density at radius 3 is 2.80 bits per heavy atom. The zero-order valence-corrected chi connectivity index (χ0v) is 7.54. The Morgan fingerprint density at radius 2 is 2.13 bits per heavy atom. The van der Waals surface area contributed by atoms with Crippen molar-refractivity contribution in [3.8, 4) is 0 Å². The fraction of sp³-hybridized carbons (Fsp3) is 0.200. The summed E-state index contributed by atoms with van der Waals surface area (Å²) < 4.78 is 27.4. The van der Waals surface area contributed by atoms with E-state index < -0.39 is 17.7 Å². The van der Waals surface area contributed by atoms with Crippen molar-refractivity contribution in [2.75, 3.05) is 5.32 Å². The Labute approximate surface area is 84.1 Å². The van der Waals surface area contributed by atoms with Crippen LogP contribution in [0.4, 0.5) is 14.5 Å². The molecule has 1 aliphatic heterocycles. The second kappa shape index (κ2) is 3.12. The first kappa shape index (κ1) is 9.76. The lowest BCUT2D eigenvalue weighted by Crippen LogP contribution is -2.40. The second-order valence-corrected chi connectivity index (χ2v) is 3.25. The molecule has 0 saturated heterocycles. The third-order valence-corrected chi connectivity index (χ3v) is 2.42. The Bertz CT molecular complexity index is 435. The first-order valence-electron chi connectivity index (χ1n) is 4.29. The van der Waals surface area contributed by atoms with Gasteiger partial charge in [-0.05, 0) is 6.07 Å². The van der Waals surface area contributed by atoms with E-state index in [2.05, 4.69) is 5.32 Å². The number of aldehydes is 1. The van der Waals surface area contributed by atoms with Crippen LogP contribution >= 0.6 is 0 Å². The van der Waals surface area contributed by atoms with Crippen molar-refractivity contribution in [3.63, 3.8) is 0 Å². The molecule has 0 amide bonds. The number of fused-ring (bicyclic) bond motifs is 1. The van der Waals surface area contributed by atoms with Gasteiger partial charge in [0.05, 0.1) is 0 Å². The number of nitrogens with one attached hydrogen (secondary N) is 1. The molecular weight excluding hydrogens is 204 g/mol. The molecule has 5 heteroatoms. The molecule has 78 valence electrons. The summed E-state index contributed by atoms with van der Waals surface area (Å²) in [6, 6.07) is 5.78. The maximum absolute atomic E-state index is 14.1. The van der Waals surface area contributed by atoms with Gasteiger partial charge < -0.3 is 5.32 Å². The Balaban J connectivity index is 2.58. The molecule has 0 radical (unpaired) electrons. The zero-order chi connectivity index (χ0) is 11.1. The van der Waals surface area contributed by atoms with E-state index in [1.165, 1.54) is 18.2 Å². The summed E-state index contributed by atoms with van der Waals surface area (Å²) in [6.07, 6.45) is -2.41. The minimum Gasteiger partial charge on any atom is -0.352 e. The summed E-state index contributed by atoms with van der Waals surface area (Å²) in [5, 5.41) is 2.18. The highest BCUT2D eigenvalue weighted by Crippen LogP contribution is 2.43. The number of hydrogen-bond donors (Lipinski definition) is 1. The van der Waals surface area contributed by atoms with Crippen molar-refractivity contribution < 1.29 is 18.4 Å². The number of hydrogen-bond acceptors (Lipinski definition) is 3. The standard InChI is InChI=1S/C10H7F2NO2/c11-9-10(12,8(15)5-14)6-3-1-2-4-7(6)13-9/h1-5,9,13H. The van der Waals surface area contributed by atoms with E-state index in [-0.39, 0.29) is 17.5 Å². The minimum absolute atomic E-state index is 0.130. The van der Waals surface area contributed by atoms with Gasteiger partial charge in [0.1, 0.15) is 0 Å². The Morgan fingerprint density at radius 1 is 1.47 bits per heavy atom. The van der Waals surface area contributed by atoms with Crippen molar-refractivity contribution >= 4 is 17.8 Å². The summed E-state index contributed by atoms with van der Waals surface area (Å²) in [6.45, 7) is 0. The molecule has 1 heterocycles. The van der Waals surface area contributed by atoms with E-state index in [9.17, 15) is 18.4 Å². The molecule has 1 aromatic rings. The summed E-state index contributed by atoms with van der Waals surface area (Å²) in [5.41, 5.74) is -2.82. The number of para-hydroxylation sites is 1. The number of rotatable bonds is 2. The van der Waals surface area contributed by atoms with E-state index in [1.807, 2.05) is 0 Å². The Hall–Kier alpha value is -1.78. The van der Waals surface area contributed by atoms with Crippen LogP contribution in [0.2, 0.25) is 0 Å². The first-order chi connectivity index (χ1) is 7.10. The zero-order valence-electron chi connectivity index (χ0n) is 7.54. The topological polar surface area (TPSA) is 46.2 Å². The van der Waals surface area contributed by atoms with Crippen LogP contribution in [0.15, 0.2) is 24.3 Å². The van der Waals surface area contributed by atoms with E-state index in [4.69, 9.17) is 0 Å². The van der Waals surface area contributed by atoms with E-state index in [0.717, 1.165) is 0 Å². The molecule has 2 unspecified atom stereocenters. The number of halogens is 2. The molecule has 0 fully saturated rings. The normalized spacial score (nSPS) is 28.0. The van der Waals surface area contributed by atoms with Gasteiger partial charge >= 0.3 is 0 Å². The van der Waals surface area contributed by atoms with Crippen LogP contribution < -0.4 is 5.32 Å². The highest BCUT2D eigenvalue weighted by molar-refractivity contribution is 6.29. The van der Waals surface area contributed by atoms with E-state index >= 15 is 0 Å². The minimum atomic E-state index is -2.89. The summed E-state index contributed by atoms with van der Waals surface area (Å²) in [5.74, 6) is -1.41. The molecule has 15 heavy (non-hydrogen) atoms. The summed E-state index contributed by atoms with van der Waals surface area (Å²) in [4.78, 5) is 21.4. The molecule has 2 atom stereocenters. The van der Waals surface area contributed by atoms with Crippen molar-refractivity contribution in [2.24, 2.45) is 0 Å². The van der Waals surface area contributed by atoms with E-state index in [1.54, 1.807) is 6.07 Å². The lowest BCUT2D eigenvalue weighted by atomic mass is 9.93. The molecule has 1 aliphatic rings. The highest BCUT2D eigenvalue weighted by atomic mass is 19.2. The van der Waals surface area contributed by atoms with Gasteiger partial charge in [-0.3, -0.25) is 9.59 Å². The van der Waals surface area contributed by atoms with Gasteiger partial charge in [-0.25, -0.2) is 8.78 Å². The predicted octanol–water partition coefficient (Wildman–Crippen LogP) is 1.34. The lowest BCUT2D eigenvalue weighted by Gasteiger charge is -2.17. The number of ketones is 1. The van der Waals surface area contributed by atoms with Gasteiger partial charge in [-0.2, -0.15) is 0 Å². The molecule has 0 aromatic heterocycles. The molecule has 2 rings (SSSR count). The number of carbonyl (C=O) groups is 2. The third kappa shape index (κ3) is 1.16. The van der Waals surface area contributed by atoms with Gasteiger partial charge in [0.15, 0.2) is 6.29 Å². The van der Waals surface area contributed by atoms with E-state index in [0.29, 0.717) is 0 Å². The van der Waals surface area contributed by atoms with Gasteiger partial charge in [-0.1, -0.05) is 18.2 Å². The maximum Gasteiger partial charge on any atom is 0.252 e. The van der Waals surface area contributed by atoms with Crippen molar-refractivity contribution in [1.29, 1.82) is 0 Å². The number of anilines is 1. The summed E-state index contributed by atoms with van der Waals surface area (Å²) in [7, 11) is 0. The third-order valence-electron chi connectivity index (χ3n) is 2.42. The van der Waals surface area contributed by atoms with Crippen LogP contribution in [0, 0.1) is 0 Å². The average molecular weight is 211 g/mol. The molecule has 3 nitrogen and oxygen atoms in total. The van der Waals surface area contributed by atoms with Gasteiger partial charge in [0.25, 0.3) is 5.67 Å². The monoisotopic (exact) mass is 211 g/mol. The largest absolute Gasteiger partial charge is 0.352 e. The predicted molar refractivity (Wildman–Crippen MR) is 48.8 cm³/mol. The van der Waals surface area contributed by atoms with Crippen molar-refractivity contribution in [1.82, 2.24) is 0 Å². The van der Waals surface area contributed by atoms with Crippen LogP contribution in [-0.2, 0) is 15.3 Å². The van der Waals surface area contributed by atoms with Gasteiger partial charge in [0.2, 0.25) is 12.1 Å². The summed E-state index contributed by atoms with van der Waals surface area (Å²) >= 11 is 0. The van der Waals surface area contributed by atoms with Crippen LogP contribution in [0.25, 0.3) is 0 Å². The van der Waals surface area contributed by atoms with Crippen molar-refractivity contribution in [3.05, 3.63) is 29.8 Å². The molecular formula is C10H7F2NO2. The smallest absolute Gasteiger partial charge is 0.252 e. The molecule has 1 N–H and O–H groups in total. The van der Waals surface area contributed by atoms with Crippen molar-refractivity contribution in [2.45, 2.75) is 12.0 Å². The fourth-order valence-electron chi connectivity index (χ4n) is 1.64. The number of benzene rings is 1. The highest BCUT2D eigenvalue weighted by Gasteiger charge is 2.54. The lowest BCUT2D eigenvalue weighted by molar-refractivity contribution is -0.141. The molecule has 0 saturated carbocycles. The molecule has 0 bridgehead atoms. The van der Waals surface area contributed by atoms with Crippen LogP contribution in [0.1, 0.15) is 5.56 Å². The second-order valence-electron chi connectivity index (χ2n) is 3.25. The molecule has 0 aliphatic carbocycles.